The Bertz CT molecular complexity index is 227. The smallest absolute Gasteiger partial charge is 0.0430 e. The molecule has 0 unspecified atom stereocenters. The fourth-order valence-corrected chi connectivity index (χ4v) is 1.52. The van der Waals surface area contributed by atoms with Crippen molar-refractivity contribution in [3.63, 3.8) is 0 Å². The Morgan fingerprint density at radius 1 is 1.70 bits per heavy atom. The lowest BCUT2D eigenvalue weighted by Gasteiger charge is -2.23. The molecule has 2 heteroatoms. The van der Waals surface area contributed by atoms with Crippen LogP contribution in [0.4, 0.5) is 0 Å². The summed E-state index contributed by atoms with van der Waals surface area (Å²) < 4.78 is 2.33. The van der Waals surface area contributed by atoms with Crippen molar-refractivity contribution >= 4 is 0 Å². The molecule has 2 rings (SSSR count). The average molecular weight is 136 g/mol. The molecule has 0 bridgehead atoms. The van der Waals surface area contributed by atoms with E-state index in [1.165, 1.54) is 5.69 Å². The van der Waals surface area contributed by atoms with E-state index < -0.39 is 0 Å². The van der Waals surface area contributed by atoms with Gasteiger partial charge in [0.25, 0.3) is 0 Å². The second-order valence-corrected chi connectivity index (χ2v) is 2.89. The quantitative estimate of drug-likeness (QED) is 0.566. The first kappa shape index (κ1) is 5.98. The molecule has 1 N–H and O–H groups in total. The molecule has 2 nitrogen and oxygen atoms in total. The molecule has 1 aliphatic heterocycles. The maximum Gasteiger partial charge on any atom is 0.0430 e. The van der Waals surface area contributed by atoms with Gasteiger partial charge in [-0.3, -0.25) is 0 Å². The van der Waals surface area contributed by atoms with Crippen molar-refractivity contribution in [1.82, 2.24) is 9.88 Å². The molecular weight excluding hydrogens is 124 g/mol. The van der Waals surface area contributed by atoms with E-state index in [2.05, 4.69) is 35.1 Å². The fourth-order valence-electron chi connectivity index (χ4n) is 1.52. The van der Waals surface area contributed by atoms with Gasteiger partial charge in [-0.05, 0) is 19.1 Å². The van der Waals surface area contributed by atoms with Crippen LogP contribution >= 0.6 is 0 Å². The van der Waals surface area contributed by atoms with Crippen molar-refractivity contribution in [3.8, 4) is 0 Å². The molecule has 2 heterocycles. The van der Waals surface area contributed by atoms with E-state index in [0.717, 1.165) is 13.1 Å². The van der Waals surface area contributed by atoms with Gasteiger partial charge < -0.3 is 9.88 Å². The van der Waals surface area contributed by atoms with E-state index in [-0.39, 0.29) is 0 Å². The van der Waals surface area contributed by atoms with Crippen molar-refractivity contribution in [2.45, 2.75) is 19.5 Å². The summed E-state index contributed by atoms with van der Waals surface area (Å²) in [5.41, 5.74) is 1.40. The van der Waals surface area contributed by atoms with E-state index in [4.69, 9.17) is 0 Å². The van der Waals surface area contributed by atoms with Crippen LogP contribution in [0.2, 0.25) is 0 Å². The molecule has 0 spiro atoms. The largest absolute Gasteiger partial charge is 0.346 e. The van der Waals surface area contributed by atoms with Crippen molar-refractivity contribution in [1.29, 1.82) is 0 Å². The molecule has 1 aromatic rings. The molecule has 0 aromatic carbocycles. The monoisotopic (exact) mass is 136 g/mol. The molecule has 0 radical (unpaired) electrons. The Labute approximate surface area is 60.9 Å². The van der Waals surface area contributed by atoms with Gasteiger partial charge in [0.2, 0.25) is 0 Å². The maximum atomic E-state index is 3.36. The molecule has 1 aromatic heterocycles. The lowest BCUT2D eigenvalue weighted by atomic mass is 10.2. The fraction of sp³-hybridized carbons (Fsp3) is 0.500. The van der Waals surface area contributed by atoms with Gasteiger partial charge in [0.15, 0.2) is 0 Å². The Morgan fingerprint density at radius 2 is 2.60 bits per heavy atom. The first-order valence-corrected chi connectivity index (χ1v) is 3.74. The highest BCUT2D eigenvalue weighted by Gasteiger charge is 2.12. The van der Waals surface area contributed by atoms with E-state index in [1.54, 1.807) is 0 Å². The molecule has 1 atom stereocenters. The zero-order valence-electron chi connectivity index (χ0n) is 6.17. The number of nitrogens with one attached hydrogen (secondary N) is 1. The van der Waals surface area contributed by atoms with Crippen LogP contribution in [0.3, 0.4) is 0 Å². The van der Waals surface area contributed by atoms with Gasteiger partial charge in [-0.25, -0.2) is 0 Å². The highest BCUT2D eigenvalue weighted by Crippen LogP contribution is 2.14. The summed E-state index contributed by atoms with van der Waals surface area (Å²) in [6, 6.07) is 4.90. The lowest BCUT2D eigenvalue weighted by Crippen LogP contribution is -2.30. The van der Waals surface area contributed by atoms with Crippen LogP contribution in [-0.4, -0.2) is 11.1 Å². The third kappa shape index (κ3) is 0.762. The minimum absolute atomic E-state index is 0.624. The van der Waals surface area contributed by atoms with Crippen molar-refractivity contribution in [2.24, 2.45) is 0 Å². The zero-order valence-corrected chi connectivity index (χ0v) is 6.17. The average Bonchev–Trinajstić information content (AvgIpc) is 2.36. The number of hydrogen-bond donors (Lipinski definition) is 1. The van der Waals surface area contributed by atoms with E-state index >= 15 is 0 Å². The van der Waals surface area contributed by atoms with Crippen molar-refractivity contribution < 1.29 is 0 Å². The van der Waals surface area contributed by atoms with Crippen LogP contribution in [0.1, 0.15) is 18.7 Å². The second kappa shape index (κ2) is 2.13. The molecule has 0 aliphatic carbocycles. The maximum absolute atomic E-state index is 3.36. The predicted molar refractivity (Wildman–Crippen MR) is 40.8 cm³/mol. The number of nitrogens with zero attached hydrogens (tertiary/aromatic N) is 1. The Kier molecular flexibility index (Phi) is 1.27. The summed E-state index contributed by atoms with van der Waals surface area (Å²) in [6.07, 6.45) is 2.15. The van der Waals surface area contributed by atoms with Gasteiger partial charge in [0, 0.05) is 31.0 Å². The number of hydrogen-bond acceptors (Lipinski definition) is 1. The number of rotatable bonds is 0. The summed E-state index contributed by atoms with van der Waals surface area (Å²) in [7, 11) is 0. The Morgan fingerprint density at radius 3 is 3.40 bits per heavy atom. The van der Waals surface area contributed by atoms with E-state index in [9.17, 15) is 0 Å². The molecule has 54 valence electrons. The van der Waals surface area contributed by atoms with Crippen LogP contribution in [-0.2, 0) is 6.54 Å². The SMILES string of the molecule is C[C@H]1CNCc2cccn21. The summed E-state index contributed by atoms with van der Waals surface area (Å²) in [5.74, 6) is 0. The van der Waals surface area contributed by atoms with E-state index in [0.29, 0.717) is 6.04 Å². The highest BCUT2D eigenvalue weighted by atomic mass is 15.1. The predicted octanol–water partition coefficient (Wildman–Crippen LogP) is 1.15. The minimum Gasteiger partial charge on any atom is -0.346 e. The Hall–Kier alpha value is -0.760. The molecule has 0 saturated carbocycles. The number of aromatic nitrogens is 1. The summed E-state index contributed by atoms with van der Waals surface area (Å²) in [6.45, 7) is 4.36. The topological polar surface area (TPSA) is 17.0 Å². The van der Waals surface area contributed by atoms with Crippen LogP contribution < -0.4 is 5.32 Å². The van der Waals surface area contributed by atoms with Crippen molar-refractivity contribution in [2.75, 3.05) is 6.54 Å². The highest BCUT2D eigenvalue weighted by molar-refractivity contribution is 5.10. The van der Waals surface area contributed by atoms with E-state index in [1.807, 2.05) is 0 Å². The summed E-state index contributed by atoms with van der Waals surface area (Å²) in [5, 5.41) is 3.36. The molecule has 0 fully saturated rings. The van der Waals surface area contributed by atoms with Crippen LogP contribution in [0.15, 0.2) is 18.3 Å². The molecule has 0 amide bonds. The van der Waals surface area contributed by atoms with Crippen molar-refractivity contribution in [3.05, 3.63) is 24.0 Å². The second-order valence-electron chi connectivity index (χ2n) is 2.89. The lowest BCUT2D eigenvalue weighted by molar-refractivity contribution is 0.429. The normalized spacial score (nSPS) is 24.3. The molecule has 0 saturated heterocycles. The van der Waals surface area contributed by atoms with Crippen LogP contribution in [0, 0.1) is 0 Å². The summed E-state index contributed by atoms with van der Waals surface area (Å²) >= 11 is 0. The standard InChI is InChI=1S/C8H12N2/c1-7-5-9-6-8-3-2-4-10(7)8/h2-4,7,9H,5-6H2,1H3/t7-/m0/s1. The van der Waals surface area contributed by atoms with Gasteiger partial charge in [-0.2, -0.15) is 0 Å². The van der Waals surface area contributed by atoms with Crippen LogP contribution in [0.25, 0.3) is 0 Å². The Balaban J connectivity index is 2.41. The number of fused-ring (bicyclic) bond motifs is 1. The molecule has 1 aliphatic rings. The van der Waals surface area contributed by atoms with Crippen LogP contribution in [0.5, 0.6) is 0 Å². The molecule has 10 heavy (non-hydrogen) atoms. The van der Waals surface area contributed by atoms with Gasteiger partial charge >= 0.3 is 0 Å². The minimum atomic E-state index is 0.624. The van der Waals surface area contributed by atoms with Gasteiger partial charge in [0.1, 0.15) is 0 Å². The zero-order chi connectivity index (χ0) is 6.97. The third-order valence-corrected chi connectivity index (χ3v) is 2.09. The first-order chi connectivity index (χ1) is 4.88. The summed E-state index contributed by atoms with van der Waals surface area (Å²) in [4.78, 5) is 0. The van der Waals surface area contributed by atoms with Gasteiger partial charge in [-0.1, -0.05) is 0 Å². The van der Waals surface area contributed by atoms with Gasteiger partial charge in [0.05, 0.1) is 0 Å². The third-order valence-electron chi connectivity index (χ3n) is 2.09. The first-order valence-electron chi connectivity index (χ1n) is 3.74. The molecular formula is C8H12N2. The van der Waals surface area contributed by atoms with Gasteiger partial charge in [-0.15, -0.1) is 0 Å².